The lowest BCUT2D eigenvalue weighted by Crippen LogP contribution is -2.17. The first-order valence-electron chi connectivity index (χ1n) is 7.58. The fourth-order valence-electron chi connectivity index (χ4n) is 1.97. The molecular formula is C15H32ClNO2. The quantitative estimate of drug-likeness (QED) is 0.410. The number of carbonyl (C=O) groups excluding carboxylic acids is 1. The van der Waals surface area contributed by atoms with Crippen molar-refractivity contribution in [3.05, 3.63) is 0 Å². The van der Waals surface area contributed by atoms with Gasteiger partial charge in [0.1, 0.15) is 0 Å². The second-order valence-electron chi connectivity index (χ2n) is 4.90. The van der Waals surface area contributed by atoms with Crippen molar-refractivity contribution in [2.75, 3.05) is 20.2 Å². The molecular weight excluding hydrogens is 262 g/mol. The molecule has 0 fully saturated rings. The van der Waals surface area contributed by atoms with E-state index in [-0.39, 0.29) is 18.4 Å². The third-order valence-corrected chi connectivity index (χ3v) is 3.17. The van der Waals surface area contributed by atoms with E-state index in [1.807, 2.05) is 0 Å². The van der Waals surface area contributed by atoms with E-state index in [1.54, 1.807) is 0 Å². The van der Waals surface area contributed by atoms with Crippen molar-refractivity contribution in [1.29, 1.82) is 0 Å². The Morgan fingerprint density at radius 3 is 2.00 bits per heavy atom. The van der Waals surface area contributed by atoms with Crippen LogP contribution in [-0.2, 0) is 9.53 Å². The largest absolute Gasteiger partial charge is 0.469 e. The Kier molecular flexibility index (Phi) is 19.6. The predicted molar refractivity (Wildman–Crippen MR) is 84.0 cm³/mol. The van der Waals surface area contributed by atoms with Gasteiger partial charge in [-0.25, -0.2) is 0 Å². The van der Waals surface area contributed by atoms with E-state index >= 15 is 0 Å². The Morgan fingerprint density at radius 1 is 0.895 bits per heavy atom. The van der Waals surface area contributed by atoms with E-state index in [9.17, 15) is 4.79 Å². The highest BCUT2D eigenvalue weighted by Crippen LogP contribution is 2.07. The average molecular weight is 294 g/mol. The lowest BCUT2D eigenvalue weighted by Gasteiger charge is -2.04. The van der Waals surface area contributed by atoms with Crippen LogP contribution in [0.2, 0.25) is 0 Å². The van der Waals surface area contributed by atoms with Gasteiger partial charge >= 0.3 is 5.97 Å². The second-order valence-corrected chi connectivity index (χ2v) is 4.90. The fraction of sp³-hybridized carbons (Fsp3) is 0.933. The van der Waals surface area contributed by atoms with Crippen LogP contribution in [0.4, 0.5) is 0 Å². The summed E-state index contributed by atoms with van der Waals surface area (Å²) in [6.07, 6.45) is 12.3. The molecule has 4 heteroatoms. The molecule has 0 aliphatic heterocycles. The van der Waals surface area contributed by atoms with Crippen molar-refractivity contribution in [1.82, 2.24) is 5.32 Å². The summed E-state index contributed by atoms with van der Waals surface area (Å²) in [7, 11) is 1.44. The normalized spacial score (nSPS) is 10.0. The number of hydrogen-bond donors (Lipinski definition) is 1. The summed E-state index contributed by atoms with van der Waals surface area (Å²) in [4.78, 5) is 10.8. The van der Waals surface area contributed by atoms with Crippen LogP contribution in [0.5, 0.6) is 0 Å². The molecule has 0 bridgehead atoms. The maximum atomic E-state index is 10.8. The molecule has 0 aromatic rings. The van der Waals surface area contributed by atoms with E-state index in [0.717, 1.165) is 19.5 Å². The molecule has 0 rings (SSSR count). The van der Waals surface area contributed by atoms with Gasteiger partial charge in [-0.1, -0.05) is 51.9 Å². The molecule has 116 valence electrons. The zero-order valence-corrected chi connectivity index (χ0v) is 13.5. The summed E-state index contributed by atoms with van der Waals surface area (Å²) in [5.74, 6) is -0.108. The number of carbonyl (C=O) groups is 1. The Balaban J connectivity index is 0. The van der Waals surface area contributed by atoms with Gasteiger partial charge in [0, 0.05) is 6.42 Å². The topological polar surface area (TPSA) is 38.3 Å². The Hall–Kier alpha value is -0.280. The summed E-state index contributed by atoms with van der Waals surface area (Å²) < 4.78 is 4.58. The van der Waals surface area contributed by atoms with Crippen molar-refractivity contribution in [2.45, 2.75) is 71.1 Å². The third-order valence-electron chi connectivity index (χ3n) is 3.17. The van der Waals surface area contributed by atoms with E-state index in [1.165, 1.54) is 58.5 Å². The molecule has 0 heterocycles. The number of halogens is 1. The van der Waals surface area contributed by atoms with Crippen LogP contribution in [0.25, 0.3) is 0 Å². The lowest BCUT2D eigenvalue weighted by atomic mass is 10.1. The van der Waals surface area contributed by atoms with Gasteiger partial charge < -0.3 is 10.1 Å². The highest BCUT2D eigenvalue weighted by atomic mass is 35.5. The number of rotatable bonds is 13. The van der Waals surface area contributed by atoms with Gasteiger partial charge in [0.2, 0.25) is 0 Å². The van der Waals surface area contributed by atoms with E-state index in [0.29, 0.717) is 6.42 Å². The first-order valence-corrected chi connectivity index (χ1v) is 7.58. The molecule has 19 heavy (non-hydrogen) atoms. The van der Waals surface area contributed by atoms with Crippen molar-refractivity contribution in [3.63, 3.8) is 0 Å². The molecule has 0 radical (unpaired) electrons. The monoisotopic (exact) mass is 293 g/mol. The maximum Gasteiger partial charge on any atom is 0.305 e. The zero-order chi connectivity index (χ0) is 13.5. The van der Waals surface area contributed by atoms with Crippen LogP contribution in [0.3, 0.4) is 0 Å². The summed E-state index contributed by atoms with van der Waals surface area (Å²) in [6, 6.07) is 0. The predicted octanol–water partition coefficient (Wildman–Crippen LogP) is 4.09. The number of esters is 1. The van der Waals surface area contributed by atoms with Crippen molar-refractivity contribution in [3.8, 4) is 0 Å². The van der Waals surface area contributed by atoms with E-state index < -0.39 is 0 Å². The Bertz CT molecular complexity index is 189. The van der Waals surface area contributed by atoms with Gasteiger partial charge in [-0.3, -0.25) is 4.79 Å². The standard InChI is InChI=1S/C15H31NO2.ClH/c1-3-4-5-6-7-8-9-10-13-16-14-11-12-15(17)18-2;/h16H,3-14H2,1-2H3;1H. The van der Waals surface area contributed by atoms with Crippen LogP contribution in [0.15, 0.2) is 0 Å². The van der Waals surface area contributed by atoms with Gasteiger partial charge in [0.05, 0.1) is 7.11 Å². The SMILES string of the molecule is CCCCCCCCCCNCCCC(=O)OC.Cl. The van der Waals surface area contributed by atoms with Gasteiger partial charge in [-0.05, 0) is 25.9 Å². The van der Waals surface area contributed by atoms with Crippen LogP contribution < -0.4 is 5.32 Å². The molecule has 0 amide bonds. The Labute approximate surface area is 125 Å². The molecule has 1 N–H and O–H groups in total. The van der Waals surface area contributed by atoms with Gasteiger partial charge in [0.25, 0.3) is 0 Å². The molecule has 0 aromatic heterocycles. The summed E-state index contributed by atoms with van der Waals surface area (Å²) in [6.45, 7) is 4.26. The molecule has 0 aliphatic carbocycles. The summed E-state index contributed by atoms with van der Waals surface area (Å²) in [5, 5.41) is 3.37. The number of methoxy groups -OCH3 is 1. The average Bonchev–Trinajstić information content (AvgIpc) is 2.39. The van der Waals surface area contributed by atoms with Gasteiger partial charge in [-0.2, -0.15) is 0 Å². The van der Waals surface area contributed by atoms with E-state index in [2.05, 4.69) is 17.0 Å². The smallest absolute Gasteiger partial charge is 0.305 e. The van der Waals surface area contributed by atoms with Gasteiger partial charge in [-0.15, -0.1) is 12.4 Å². The zero-order valence-electron chi connectivity index (χ0n) is 12.7. The molecule has 0 spiro atoms. The van der Waals surface area contributed by atoms with Crippen molar-refractivity contribution >= 4 is 18.4 Å². The highest BCUT2D eigenvalue weighted by Gasteiger charge is 1.98. The molecule has 0 unspecified atom stereocenters. The minimum atomic E-state index is -0.108. The minimum Gasteiger partial charge on any atom is -0.469 e. The fourth-order valence-corrected chi connectivity index (χ4v) is 1.97. The van der Waals surface area contributed by atoms with Crippen LogP contribution >= 0.6 is 12.4 Å². The molecule has 0 aromatic carbocycles. The number of unbranched alkanes of at least 4 members (excludes halogenated alkanes) is 7. The van der Waals surface area contributed by atoms with Crippen LogP contribution in [0, 0.1) is 0 Å². The maximum absolute atomic E-state index is 10.8. The van der Waals surface area contributed by atoms with Crippen LogP contribution in [0.1, 0.15) is 71.1 Å². The van der Waals surface area contributed by atoms with Crippen molar-refractivity contribution in [2.24, 2.45) is 0 Å². The Morgan fingerprint density at radius 2 is 1.42 bits per heavy atom. The van der Waals surface area contributed by atoms with Crippen molar-refractivity contribution < 1.29 is 9.53 Å². The first-order chi connectivity index (χ1) is 8.81. The molecule has 0 saturated carbocycles. The first kappa shape index (κ1) is 21.0. The molecule has 0 atom stereocenters. The molecule has 0 aliphatic rings. The lowest BCUT2D eigenvalue weighted by molar-refractivity contribution is -0.140. The number of ether oxygens (including phenoxy) is 1. The highest BCUT2D eigenvalue weighted by molar-refractivity contribution is 5.85. The second kappa shape index (κ2) is 17.7. The van der Waals surface area contributed by atoms with E-state index in [4.69, 9.17) is 0 Å². The summed E-state index contributed by atoms with van der Waals surface area (Å²) in [5.41, 5.74) is 0. The number of hydrogen-bond acceptors (Lipinski definition) is 3. The summed E-state index contributed by atoms with van der Waals surface area (Å²) >= 11 is 0. The van der Waals surface area contributed by atoms with Gasteiger partial charge in [0.15, 0.2) is 0 Å². The van der Waals surface area contributed by atoms with Crippen LogP contribution in [-0.4, -0.2) is 26.2 Å². The number of nitrogens with one attached hydrogen (secondary N) is 1. The third kappa shape index (κ3) is 17.7. The minimum absolute atomic E-state index is 0. The molecule has 0 saturated heterocycles. The molecule has 3 nitrogen and oxygen atoms in total.